The predicted octanol–water partition coefficient (Wildman–Crippen LogP) is 2.92. The van der Waals surface area contributed by atoms with Crippen LogP contribution in [0.2, 0.25) is 0 Å². The van der Waals surface area contributed by atoms with Crippen molar-refractivity contribution in [2.24, 2.45) is 0 Å². The Bertz CT molecular complexity index is 1300. The molecule has 32 heavy (non-hydrogen) atoms. The molecule has 0 fully saturated rings. The molecule has 9 heteroatoms. The molecule has 0 saturated heterocycles. The van der Waals surface area contributed by atoms with Gasteiger partial charge in [0.25, 0.3) is 5.56 Å². The van der Waals surface area contributed by atoms with E-state index >= 15 is 0 Å². The SMILES string of the molecule is CCOC(=O)C1=C(CSc2nc3ccccc3c(=O)n2-c2ccccc2C)NC(=O)NC1. The minimum absolute atomic E-state index is 0.0797. The van der Waals surface area contributed by atoms with Gasteiger partial charge in [0.2, 0.25) is 0 Å². The number of nitrogens with zero attached hydrogens (tertiary/aromatic N) is 2. The van der Waals surface area contributed by atoms with Crippen LogP contribution in [-0.4, -0.2) is 40.5 Å². The molecular formula is C23H22N4O4S. The van der Waals surface area contributed by atoms with Crippen LogP contribution < -0.4 is 16.2 Å². The number of esters is 1. The lowest BCUT2D eigenvalue weighted by Crippen LogP contribution is -2.44. The van der Waals surface area contributed by atoms with E-state index in [1.807, 2.05) is 37.3 Å². The van der Waals surface area contributed by atoms with Crippen molar-refractivity contribution in [3.05, 3.63) is 75.7 Å². The van der Waals surface area contributed by atoms with E-state index in [9.17, 15) is 14.4 Å². The summed E-state index contributed by atoms with van der Waals surface area (Å²) in [7, 11) is 0. The van der Waals surface area contributed by atoms with Crippen molar-refractivity contribution in [2.75, 3.05) is 18.9 Å². The number of ether oxygens (including phenoxy) is 1. The van der Waals surface area contributed by atoms with Crippen molar-refractivity contribution < 1.29 is 14.3 Å². The third-order valence-electron chi connectivity index (χ3n) is 5.02. The molecule has 0 spiro atoms. The maximum absolute atomic E-state index is 13.4. The largest absolute Gasteiger partial charge is 0.463 e. The lowest BCUT2D eigenvalue weighted by molar-refractivity contribution is -0.138. The van der Waals surface area contributed by atoms with Gasteiger partial charge in [-0.3, -0.25) is 9.36 Å². The second-order valence-corrected chi connectivity index (χ2v) is 8.06. The molecule has 2 heterocycles. The Balaban J connectivity index is 1.79. The van der Waals surface area contributed by atoms with E-state index in [1.165, 1.54) is 11.8 Å². The summed E-state index contributed by atoms with van der Waals surface area (Å²) in [4.78, 5) is 42.3. The summed E-state index contributed by atoms with van der Waals surface area (Å²) in [6.45, 7) is 3.97. The fourth-order valence-corrected chi connectivity index (χ4v) is 4.43. The average Bonchev–Trinajstić information content (AvgIpc) is 2.79. The van der Waals surface area contributed by atoms with E-state index < -0.39 is 12.0 Å². The highest BCUT2D eigenvalue weighted by molar-refractivity contribution is 7.99. The molecule has 4 rings (SSSR count). The molecule has 2 amide bonds. The van der Waals surface area contributed by atoms with Crippen LogP contribution in [0.25, 0.3) is 16.6 Å². The Hall–Kier alpha value is -3.59. The standard InChI is InChI=1S/C23H22N4O4S/c1-3-31-21(29)16-12-24-22(30)25-18(16)13-32-23-26-17-10-6-5-9-15(17)20(28)27(23)19-11-7-4-8-14(19)2/h4-11H,3,12-13H2,1-2H3,(H2,24,25,30). The zero-order valence-corrected chi connectivity index (χ0v) is 18.5. The van der Waals surface area contributed by atoms with Gasteiger partial charge < -0.3 is 15.4 Å². The Morgan fingerprint density at radius 3 is 2.69 bits per heavy atom. The van der Waals surface area contributed by atoms with Gasteiger partial charge in [-0.2, -0.15) is 0 Å². The van der Waals surface area contributed by atoms with Crippen molar-refractivity contribution >= 4 is 34.7 Å². The van der Waals surface area contributed by atoms with Crippen molar-refractivity contribution in [2.45, 2.75) is 19.0 Å². The number of urea groups is 1. The minimum atomic E-state index is -0.488. The molecule has 2 aromatic carbocycles. The molecule has 0 radical (unpaired) electrons. The zero-order valence-electron chi connectivity index (χ0n) is 17.7. The Labute approximate surface area is 188 Å². The quantitative estimate of drug-likeness (QED) is 0.340. The third-order valence-corrected chi connectivity index (χ3v) is 5.99. The molecule has 0 bridgehead atoms. The molecule has 8 nitrogen and oxygen atoms in total. The molecule has 0 atom stereocenters. The van der Waals surface area contributed by atoms with Crippen molar-refractivity contribution in [1.82, 2.24) is 20.2 Å². The summed E-state index contributed by atoms with van der Waals surface area (Å²) in [6, 6.07) is 14.4. The fourth-order valence-electron chi connectivity index (χ4n) is 3.44. The summed E-state index contributed by atoms with van der Waals surface area (Å²) in [5, 5.41) is 6.26. The topological polar surface area (TPSA) is 102 Å². The van der Waals surface area contributed by atoms with Crippen LogP contribution in [0.5, 0.6) is 0 Å². The highest BCUT2D eigenvalue weighted by Crippen LogP contribution is 2.25. The maximum Gasteiger partial charge on any atom is 0.337 e. The van der Waals surface area contributed by atoms with Gasteiger partial charge in [-0.25, -0.2) is 14.6 Å². The van der Waals surface area contributed by atoms with Gasteiger partial charge in [-0.05, 0) is 37.6 Å². The summed E-state index contributed by atoms with van der Waals surface area (Å²) in [5.74, 6) is -0.253. The van der Waals surface area contributed by atoms with Gasteiger partial charge in [0, 0.05) is 11.4 Å². The molecule has 0 aliphatic carbocycles. The minimum Gasteiger partial charge on any atom is -0.463 e. The number of aromatic nitrogens is 2. The van der Waals surface area contributed by atoms with Gasteiger partial charge in [0.15, 0.2) is 5.16 Å². The van der Waals surface area contributed by atoms with Gasteiger partial charge in [-0.15, -0.1) is 0 Å². The van der Waals surface area contributed by atoms with Crippen molar-refractivity contribution in [1.29, 1.82) is 0 Å². The Kier molecular flexibility index (Phi) is 6.27. The highest BCUT2D eigenvalue weighted by Gasteiger charge is 2.24. The van der Waals surface area contributed by atoms with E-state index in [-0.39, 0.29) is 24.5 Å². The van der Waals surface area contributed by atoms with E-state index in [0.717, 1.165) is 11.3 Å². The second kappa shape index (κ2) is 9.27. The number of amides is 2. The van der Waals surface area contributed by atoms with Gasteiger partial charge in [0.05, 0.1) is 35.3 Å². The number of nitrogens with one attached hydrogen (secondary N) is 2. The monoisotopic (exact) mass is 450 g/mol. The van der Waals surface area contributed by atoms with E-state index in [0.29, 0.717) is 27.3 Å². The van der Waals surface area contributed by atoms with E-state index in [2.05, 4.69) is 10.6 Å². The maximum atomic E-state index is 13.4. The molecule has 1 aliphatic heterocycles. The Morgan fingerprint density at radius 1 is 1.16 bits per heavy atom. The molecule has 164 valence electrons. The van der Waals surface area contributed by atoms with Gasteiger partial charge in [-0.1, -0.05) is 42.1 Å². The first-order valence-electron chi connectivity index (χ1n) is 10.1. The first kappa shape index (κ1) is 21.6. The molecule has 1 aromatic heterocycles. The summed E-state index contributed by atoms with van der Waals surface area (Å²) in [5.41, 5.74) is 2.85. The first-order chi connectivity index (χ1) is 15.5. The Morgan fingerprint density at radius 2 is 1.91 bits per heavy atom. The summed E-state index contributed by atoms with van der Waals surface area (Å²) >= 11 is 1.27. The lowest BCUT2D eigenvalue weighted by Gasteiger charge is -2.21. The zero-order chi connectivity index (χ0) is 22.7. The van der Waals surface area contributed by atoms with E-state index in [4.69, 9.17) is 9.72 Å². The van der Waals surface area contributed by atoms with Gasteiger partial charge >= 0.3 is 12.0 Å². The van der Waals surface area contributed by atoms with Crippen LogP contribution in [0.15, 0.2) is 69.8 Å². The molecular weight excluding hydrogens is 428 g/mol. The van der Waals surface area contributed by atoms with Crippen LogP contribution >= 0.6 is 11.8 Å². The third kappa shape index (κ3) is 4.24. The number of carbonyl (C=O) groups excluding carboxylic acids is 2. The van der Waals surface area contributed by atoms with Crippen molar-refractivity contribution in [3.8, 4) is 5.69 Å². The number of thioether (sulfide) groups is 1. The number of hydrogen-bond donors (Lipinski definition) is 2. The van der Waals surface area contributed by atoms with Crippen molar-refractivity contribution in [3.63, 3.8) is 0 Å². The average molecular weight is 451 g/mol. The predicted molar refractivity (Wildman–Crippen MR) is 123 cm³/mol. The van der Waals surface area contributed by atoms with Gasteiger partial charge in [0.1, 0.15) is 0 Å². The summed E-state index contributed by atoms with van der Waals surface area (Å²) < 4.78 is 6.70. The number of para-hydroxylation sites is 2. The van der Waals surface area contributed by atoms with Crippen LogP contribution in [0.4, 0.5) is 4.79 Å². The molecule has 2 N–H and O–H groups in total. The molecule has 0 unspecified atom stereocenters. The number of aryl methyl sites for hydroxylation is 1. The number of fused-ring (bicyclic) bond motifs is 1. The first-order valence-corrected chi connectivity index (χ1v) is 11.1. The van der Waals surface area contributed by atoms with Crippen LogP contribution in [0.1, 0.15) is 12.5 Å². The number of hydrogen-bond acceptors (Lipinski definition) is 6. The smallest absolute Gasteiger partial charge is 0.337 e. The van der Waals surface area contributed by atoms with E-state index in [1.54, 1.807) is 29.7 Å². The number of rotatable bonds is 6. The molecule has 1 aliphatic rings. The summed E-state index contributed by atoms with van der Waals surface area (Å²) in [6.07, 6.45) is 0. The molecule has 3 aromatic rings. The second-order valence-electron chi connectivity index (χ2n) is 7.11. The number of carbonyl (C=O) groups is 2. The van der Waals surface area contributed by atoms with Crippen LogP contribution in [0, 0.1) is 6.92 Å². The highest BCUT2D eigenvalue weighted by atomic mass is 32.2. The molecule has 0 saturated carbocycles. The lowest BCUT2D eigenvalue weighted by atomic mass is 10.2. The fraction of sp³-hybridized carbons (Fsp3) is 0.217. The number of benzene rings is 2. The van der Waals surface area contributed by atoms with Crippen LogP contribution in [0.3, 0.4) is 0 Å². The van der Waals surface area contributed by atoms with Crippen LogP contribution in [-0.2, 0) is 9.53 Å². The normalized spacial score (nSPS) is 13.6.